The van der Waals surface area contributed by atoms with Gasteiger partial charge < -0.3 is 9.84 Å². The first kappa shape index (κ1) is 14.5. The van der Waals surface area contributed by atoms with E-state index in [4.69, 9.17) is 4.74 Å². The number of aliphatic hydroxyl groups is 1. The predicted octanol–water partition coefficient (Wildman–Crippen LogP) is 4.54. The molecular formula is C17H16BrFO2. The highest BCUT2D eigenvalue weighted by Crippen LogP contribution is 2.32. The molecule has 110 valence electrons. The molecular weight excluding hydrogens is 335 g/mol. The van der Waals surface area contributed by atoms with Crippen LogP contribution in [0, 0.1) is 5.82 Å². The van der Waals surface area contributed by atoms with E-state index in [9.17, 15) is 9.50 Å². The van der Waals surface area contributed by atoms with Crippen LogP contribution >= 0.6 is 15.9 Å². The topological polar surface area (TPSA) is 29.5 Å². The molecule has 1 N–H and O–H groups in total. The molecule has 1 aliphatic rings. The predicted molar refractivity (Wildman–Crippen MR) is 82.8 cm³/mol. The van der Waals surface area contributed by atoms with Crippen molar-refractivity contribution in [2.24, 2.45) is 0 Å². The van der Waals surface area contributed by atoms with E-state index >= 15 is 0 Å². The molecule has 0 radical (unpaired) electrons. The molecule has 0 saturated heterocycles. The number of rotatable bonds is 3. The van der Waals surface area contributed by atoms with Crippen molar-refractivity contribution in [2.45, 2.75) is 32.0 Å². The van der Waals surface area contributed by atoms with Gasteiger partial charge in [-0.25, -0.2) is 4.39 Å². The maximum Gasteiger partial charge on any atom is 0.124 e. The molecule has 0 amide bonds. The summed E-state index contributed by atoms with van der Waals surface area (Å²) >= 11 is 3.27. The molecule has 2 aromatic rings. The van der Waals surface area contributed by atoms with Gasteiger partial charge in [0.15, 0.2) is 0 Å². The van der Waals surface area contributed by atoms with Crippen molar-refractivity contribution in [2.75, 3.05) is 0 Å². The van der Waals surface area contributed by atoms with Crippen LogP contribution in [-0.2, 0) is 13.0 Å². The van der Waals surface area contributed by atoms with Gasteiger partial charge in [-0.1, -0.05) is 22.0 Å². The van der Waals surface area contributed by atoms with Crippen molar-refractivity contribution in [3.63, 3.8) is 0 Å². The number of hydrogen-bond donors (Lipinski definition) is 1. The number of ether oxygens (including phenoxy) is 1. The summed E-state index contributed by atoms with van der Waals surface area (Å²) in [6, 6.07) is 10.5. The maximum absolute atomic E-state index is 13.3. The van der Waals surface area contributed by atoms with Crippen molar-refractivity contribution >= 4 is 15.9 Å². The second-order valence-corrected chi connectivity index (χ2v) is 6.25. The summed E-state index contributed by atoms with van der Waals surface area (Å²) < 4.78 is 19.7. The average molecular weight is 351 g/mol. The summed E-state index contributed by atoms with van der Waals surface area (Å²) in [6.07, 6.45) is 2.42. The first-order valence-corrected chi connectivity index (χ1v) is 7.80. The fraction of sp³-hybridized carbons (Fsp3) is 0.294. The van der Waals surface area contributed by atoms with E-state index in [1.807, 2.05) is 24.3 Å². The summed E-state index contributed by atoms with van der Waals surface area (Å²) in [5.41, 5.74) is 2.91. The molecule has 0 saturated carbocycles. The van der Waals surface area contributed by atoms with Crippen molar-refractivity contribution in [1.29, 1.82) is 0 Å². The Bertz CT molecular complexity index is 637. The summed E-state index contributed by atoms with van der Waals surface area (Å²) in [7, 11) is 0. The molecule has 2 nitrogen and oxygen atoms in total. The van der Waals surface area contributed by atoms with Crippen LogP contribution in [0.25, 0.3) is 0 Å². The zero-order valence-electron chi connectivity index (χ0n) is 11.5. The minimum atomic E-state index is -0.402. The van der Waals surface area contributed by atoms with Crippen LogP contribution in [0.3, 0.4) is 0 Å². The van der Waals surface area contributed by atoms with Crippen LogP contribution in [0.4, 0.5) is 4.39 Å². The first-order chi connectivity index (χ1) is 10.1. The molecule has 1 aliphatic carbocycles. The van der Waals surface area contributed by atoms with Crippen molar-refractivity contribution in [3.05, 3.63) is 63.4 Å². The Morgan fingerprint density at radius 1 is 1.24 bits per heavy atom. The summed E-state index contributed by atoms with van der Waals surface area (Å²) in [5, 5.41) is 10.0. The zero-order valence-corrected chi connectivity index (χ0v) is 13.1. The lowest BCUT2D eigenvalue weighted by molar-refractivity contribution is 0.156. The SMILES string of the molecule is OC1CCCc2ccc(OCc3cc(F)cc(Br)c3)cc21. The van der Waals surface area contributed by atoms with Gasteiger partial charge in [-0.3, -0.25) is 0 Å². The first-order valence-electron chi connectivity index (χ1n) is 7.00. The third kappa shape index (κ3) is 3.44. The molecule has 2 aromatic carbocycles. The van der Waals surface area contributed by atoms with E-state index < -0.39 is 6.10 Å². The highest BCUT2D eigenvalue weighted by atomic mass is 79.9. The highest BCUT2D eigenvalue weighted by molar-refractivity contribution is 9.10. The molecule has 0 spiro atoms. The van der Waals surface area contributed by atoms with Crippen molar-refractivity contribution in [3.8, 4) is 5.75 Å². The van der Waals surface area contributed by atoms with Gasteiger partial charge in [0.1, 0.15) is 18.2 Å². The highest BCUT2D eigenvalue weighted by Gasteiger charge is 2.18. The lowest BCUT2D eigenvalue weighted by Gasteiger charge is -2.22. The molecule has 21 heavy (non-hydrogen) atoms. The smallest absolute Gasteiger partial charge is 0.124 e. The Balaban J connectivity index is 1.75. The molecule has 0 bridgehead atoms. The van der Waals surface area contributed by atoms with Gasteiger partial charge in [0.25, 0.3) is 0 Å². The Labute approximate surface area is 131 Å². The number of halogens is 2. The number of hydrogen-bond acceptors (Lipinski definition) is 2. The largest absolute Gasteiger partial charge is 0.489 e. The minimum Gasteiger partial charge on any atom is -0.489 e. The van der Waals surface area contributed by atoms with Gasteiger partial charge >= 0.3 is 0 Å². The number of fused-ring (bicyclic) bond motifs is 1. The Morgan fingerprint density at radius 3 is 2.90 bits per heavy atom. The minimum absolute atomic E-state index is 0.288. The number of benzene rings is 2. The Hall–Kier alpha value is -1.39. The van der Waals surface area contributed by atoms with Gasteiger partial charge in [-0.2, -0.15) is 0 Å². The summed E-state index contributed by atoms with van der Waals surface area (Å²) in [6.45, 7) is 0.297. The van der Waals surface area contributed by atoms with Gasteiger partial charge in [0.05, 0.1) is 6.10 Å². The quantitative estimate of drug-likeness (QED) is 0.880. The van der Waals surface area contributed by atoms with Gasteiger partial charge in [-0.15, -0.1) is 0 Å². The summed E-state index contributed by atoms with van der Waals surface area (Å²) in [4.78, 5) is 0. The molecule has 0 fully saturated rings. The van der Waals surface area contributed by atoms with Gasteiger partial charge in [-0.05, 0) is 66.3 Å². The molecule has 4 heteroatoms. The summed E-state index contributed by atoms with van der Waals surface area (Å²) in [5.74, 6) is 0.416. The molecule has 1 atom stereocenters. The van der Waals surface area contributed by atoms with E-state index in [1.165, 1.54) is 17.7 Å². The average Bonchev–Trinajstić information content (AvgIpc) is 2.45. The van der Waals surface area contributed by atoms with Crippen LogP contribution < -0.4 is 4.74 Å². The number of aryl methyl sites for hydroxylation is 1. The van der Waals surface area contributed by atoms with Gasteiger partial charge in [0, 0.05) is 4.47 Å². The van der Waals surface area contributed by atoms with E-state index in [1.54, 1.807) is 0 Å². The van der Waals surface area contributed by atoms with Crippen molar-refractivity contribution < 1.29 is 14.2 Å². The van der Waals surface area contributed by atoms with E-state index in [0.717, 1.165) is 30.4 Å². The lowest BCUT2D eigenvalue weighted by Crippen LogP contribution is -2.09. The Morgan fingerprint density at radius 2 is 2.10 bits per heavy atom. The van der Waals surface area contributed by atoms with E-state index in [0.29, 0.717) is 16.8 Å². The fourth-order valence-corrected chi connectivity index (χ4v) is 3.22. The van der Waals surface area contributed by atoms with Crippen LogP contribution in [0.5, 0.6) is 5.75 Å². The monoisotopic (exact) mass is 350 g/mol. The normalized spacial score (nSPS) is 17.4. The van der Waals surface area contributed by atoms with Crippen LogP contribution in [0.1, 0.15) is 35.6 Å². The second kappa shape index (κ2) is 6.16. The molecule has 3 rings (SSSR count). The standard InChI is InChI=1S/C17H16BrFO2/c18-13-6-11(7-14(19)8-13)10-21-15-5-4-12-2-1-3-17(20)16(12)9-15/h4-9,17,20H,1-3,10H2. The van der Waals surface area contributed by atoms with Crippen LogP contribution in [-0.4, -0.2) is 5.11 Å². The third-order valence-corrected chi connectivity index (χ3v) is 4.19. The van der Waals surface area contributed by atoms with Crippen molar-refractivity contribution in [1.82, 2.24) is 0 Å². The molecule has 0 aromatic heterocycles. The van der Waals surface area contributed by atoms with E-state index in [2.05, 4.69) is 15.9 Å². The Kier molecular flexibility index (Phi) is 4.27. The molecule has 1 unspecified atom stereocenters. The van der Waals surface area contributed by atoms with Crippen LogP contribution in [0.2, 0.25) is 0 Å². The van der Waals surface area contributed by atoms with Gasteiger partial charge in [0.2, 0.25) is 0 Å². The van der Waals surface area contributed by atoms with E-state index in [-0.39, 0.29) is 5.82 Å². The third-order valence-electron chi connectivity index (χ3n) is 3.73. The lowest BCUT2D eigenvalue weighted by atomic mass is 9.89. The number of aliphatic hydroxyl groups excluding tert-OH is 1. The molecule has 0 aliphatic heterocycles. The maximum atomic E-state index is 13.3. The second-order valence-electron chi connectivity index (χ2n) is 5.34. The fourth-order valence-electron chi connectivity index (χ4n) is 2.70. The molecule has 0 heterocycles. The zero-order chi connectivity index (χ0) is 14.8. The van der Waals surface area contributed by atoms with Crippen LogP contribution in [0.15, 0.2) is 40.9 Å².